The molecular weight excluding hydrogens is 849 g/mol. The lowest BCUT2D eigenvalue weighted by molar-refractivity contribution is 1.29. The SMILES string of the molecule is c1ccc(-c2c3c4cccc5c6c(N(c7ccccc7)c7ccccc7)cccc6n(c3c(-c3ccccc3)c3c6cccc7c8c(N(c9ccccc9)c9ccccc9)cccc8n(c23)c76)c54)cc1. The standard InChI is InChI=1S/C66H42N4/c1-7-23-43(24-8-1)57-61-51-37-19-35-49-60-54(68(47-31-15-5-16-32-47)48-33-17-6-18-34-48)40-22-42-56(60)70(63(49)51)66(61)58(44-25-9-2-10-26-44)62-52-38-20-36-50-59-53(39-21-41-55(59)69(64(50)52)65(57)62)67(45-27-11-3-12-28-45)46-29-13-4-14-30-46/h1-42H. The van der Waals surface area contributed by atoms with Gasteiger partial charge in [-0.3, -0.25) is 0 Å². The molecule has 0 N–H and O–H groups in total. The number of nitrogens with zero attached hydrogens (tertiary/aromatic N) is 4. The zero-order chi connectivity index (χ0) is 45.9. The van der Waals surface area contributed by atoms with Crippen LogP contribution < -0.4 is 9.80 Å². The largest absolute Gasteiger partial charge is 0.310 e. The third-order valence-electron chi connectivity index (χ3n) is 14.7. The lowest BCUT2D eigenvalue weighted by Crippen LogP contribution is -2.10. The first kappa shape index (κ1) is 38.7. The number of benzene rings is 11. The van der Waals surface area contributed by atoms with Crippen LogP contribution in [0.2, 0.25) is 0 Å². The van der Waals surface area contributed by atoms with E-state index in [1.165, 1.54) is 98.4 Å². The summed E-state index contributed by atoms with van der Waals surface area (Å²) in [5.41, 5.74) is 18.9. The highest BCUT2D eigenvalue weighted by molar-refractivity contribution is 6.39. The molecule has 0 atom stereocenters. The number of hydrogen-bond donors (Lipinski definition) is 0. The van der Waals surface area contributed by atoms with Gasteiger partial charge < -0.3 is 18.6 Å². The molecule has 4 heteroatoms. The van der Waals surface area contributed by atoms with Crippen LogP contribution in [0, 0.1) is 0 Å². The zero-order valence-electron chi connectivity index (χ0n) is 38.0. The van der Waals surface area contributed by atoms with Gasteiger partial charge in [0.25, 0.3) is 0 Å². The smallest absolute Gasteiger partial charge is 0.0634 e. The molecule has 0 unspecified atom stereocenters. The lowest BCUT2D eigenvalue weighted by Gasteiger charge is -2.26. The highest BCUT2D eigenvalue weighted by Gasteiger charge is 2.32. The van der Waals surface area contributed by atoms with E-state index < -0.39 is 0 Å². The monoisotopic (exact) mass is 890 g/mol. The van der Waals surface area contributed by atoms with Gasteiger partial charge in [0, 0.05) is 77.0 Å². The van der Waals surface area contributed by atoms with Gasteiger partial charge in [-0.2, -0.15) is 0 Å². The Hall–Kier alpha value is -9.38. The second kappa shape index (κ2) is 15.1. The molecule has 4 nitrogen and oxygen atoms in total. The molecule has 0 saturated heterocycles. The molecule has 0 bridgehead atoms. The molecule has 0 radical (unpaired) electrons. The van der Waals surface area contributed by atoms with E-state index in [0.29, 0.717) is 0 Å². The number of anilines is 6. The molecule has 0 fully saturated rings. The minimum atomic E-state index is 1.12. The van der Waals surface area contributed by atoms with Gasteiger partial charge in [0.2, 0.25) is 0 Å². The molecule has 326 valence electrons. The van der Waals surface area contributed by atoms with E-state index in [1.807, 2.05) is 0 Å². The molecule has 4 aromatic heterocycles. The van der Waals surface area contributed by atoms with Crippen molar-refractivity contribution in [1.29, 1.82) is 0 Å². The molecule has 15 rings (SSSR count). The van der Waals surface area contributed by atoms with Crippen molar-refractivity contribution in [3.63, 3.8) is 0 Å². The molecule has 0 spiro atoms. The van der Waals surface area contributed by atoms with Crippen LogP contribution in [0.3, 0.4) is 0 Å². The van der Waals surface area contributed by atoms with Crippen molar-refractivity contribution in [2.24, 2.45) is 0 Å². The highest BCUT2D eigenvalue weighted by atomic mass is 15.2. The minimum Gasteiger partial charge on any atom is -0.310 e. The Morgan fingerprint density at radius 3 is 0.843 bits per heavy atom. The van der Waals surface area contributed by atoms with Crippen LogP contribution >= 0.6 is 0 Å². The molecule has 70 heavy (non-hydrogen) atoms. The molecule has 0 aliphatic rings. The summed E-state index contributed by atoms with van der Waals surface area (Å²) in [5, 5.41) is 9.91. The Morgan fingerprint density at radius 2 is 0.514 bits per heavy atom. The van der Waals surface area contributed by atoms with Gasteiger partial charge in [0.15, 0.2) is 0 Å². The van der Waals surface area contributed by atoms with Gasteiger partial charge in [-0.25, -0.2) is 0 Å². The fourth-order valence-electron chi connectivity index (χ4n) is 12.1. The Bertz CT molecular complexity index is 4060. The van der Waals surface area contributed by atoms with Crippen LogP contribution in [-0.4, -0.2) is 8.80 Å². The predicted octanol–water partition coefficient (Wildman–Crippen LogP) is 18.3. The fraction of sp³-hybridized carbons (Fsp3) is 0. The van der Waals surface area contributed by atoms with Gasteiger partial charge in [-0.15, -0.1) is 0 Å². The molecule has 15 aromatic rings. The fourth-order valence-corrected chi connectivity index (χ4v) is 12.1. The Balaban J connectivity index is 1.15. The maximum absolute atomic E-state index is 2.61. The maximum atomic E-state index is 2.61. The van der Waals surface area contributed by atoms with Crippen LogP contribution in [0.15, 0.2) is 255 Å². The number of para-hydroxylation sites is 6. The average molecular weight is 891 g/mol. The summed E-state index contributed by atoms with van der Waals surface area (Å²) in [5.74, 6) is 0. The average Bonchev–Trinajstić information content (AvgIpc) is 4.18. The number of fused-ring (bicyclic) bond motifs is 12. The first-order valence-corrected chi connectivity index (χ1v) is 24.1. The molecule has 0 saturated carbocycles. The van der Waals surface area contributed by atoms with Crippen LogP contribution in [0.5, 0.6) is 0 Å². The van der Waals surface area contributed by atoms with E-state index in [-0.39, 0.29) is 0 Å². The van der Waals surface area contributed by atoms with Crippen molar-refractivity contribution in [2.45, 2.75) is 0 Å². The summed E-state index contributed by atoms with van der Waals surface area (Å²) >= 11 is 0. The third kappa shape index (κ3) is 5.36. The van der Waals surface area contributed by atoms with Crippen molar-refractivity contribution in [2.75, 3.05) is 9.80 Å². The van der Waals surface area contributed by atoms with Crippen molar-refractivity contribution in [3.8, 4) is 22.3 Å². The van der Waals surface area contributed by atoms with Crippen LogP contribution in [-0.2, 0) is 0 Å². The molecule has 11 aromatic carbocycles. The van der Waals surface area contributed by atoms with Crippen LogP contribution in [0.4, 0.5) is 34.1 Å². The predicted molar refractivity (Wildman–Crippen MR) is 296 cm³/mol. The molecular formula is C66H42N4. The van der Waals surface area contributed by atoms with Crippen LogP contribution in [0.25, 0.3) is 98.4 Å². The lowest BCUT2D eigenvalue weighted by atomic mass is 9.89. The normalized spacial score (nSPS) is 12.0. The van der Waals surface area contributed by atoms with Gasteiger partial charge in [-0.05, 0) is 83.9 Å². The van der Waals surface area contributed by atoms with E-state index >= 15 is 0 Å². The number of aromatic nitrogens is 2. The van der Waals surface area contributed by atoms with Crippen molar-refractivity contribution in [3.05, 3.63) is 255 Å². The Labute approximate surface area is 404 Å². The summed E-state index contributed by atoms with van der Waals surface area (Å²) in [6, 6.07) is 93.1. The summed E-state index contributed by atoms with van der Waals surface area (Å²) in [7, 11) is 0. The van der Waals surface area contributed by atoms with Gasteiger partial charge in [-0.1, -0.05) is 182 Å². The Kier molecular flexibility index (Phi) is 8.33. The summed E-state index contributed by atoms with van der Waals surface area (Å²) in [6.07, 6.45) is 0. The van der Waals surface area contributed by atoms with E-state index in [1.54, 1.807) is 0 Å². The first-order valence-electron chi connectivity index (χ1n) is 24.1. The van der Waals surface area contributed by atoms with Crippen molar-refractivity contribution in [1.82, 2.24) is 8.80 Å². The number of rotatable bonds is 8. The van der Waals surface area contributed by atoms with Gasteiger partial charge >= 0.3 is 0 Å². The third-order valence-corrected chi connectivity index (χ3v) is 14.7. The number of hydrogen-bond acceptors (Lipinski definition) is 2. The van der Waals surface area contributed by atoms with E-state index in [2.05, 4.69) is 273 Å². The van der Waals surface area contributed by atoms with Crippen LogP contribution in [0.1, 0.15) is 0 Å². The van der Waals surface area contributed by atoms with E-state index in [0.717, 1.165) is 34.1 Å². The minimum absolute atomic E-state index is 1.12. The van der Waals surface area contributed by atoms with Gasteiger partial charge in [0.05, 0.1) is 44.5 Å². The second-order valence-electron chi connectivity index (χ2n) is 18.4. The molecule has 0 amide bonds. The maximum Gasteiger partial charge on any atom is 0.0634 e. The van der Waals surface area contributed by atoms with Gasteiger partial charge in [0.1, 0.15) is 0 Å². The molecule has 4 heterocycles. The second-order valence-corrected chi connectivity index (χ2v) is 18.4. The highest BCUT2D eigenvalue weighted by Crippen LogP contribution is 2.56. The quantitative estimate of drug-likeness (QED) is 0.151. The summed E-state index contributed by atoms with van der Waals surface area (Å²) in [4.78, 5) is 4.84. The van der Waals surface area contributed by atoms with Crippen molar-refractivity contribution < 1.29 is 0 Å². The summed E-state index contributed by atoms with van der Waals surface area (Å²) in [6.45, 7) is 0. The Morgan fingerprint density at radius 1 is 0.229 bits per heavy atom. The van der Waals surface area contributed by atoms with E-state index in [4.69, 9.17) is 0 Å². The topological polar surface area (TPSA) is 15.3 Å². The van der Waals surface area contributed by atoms with Crippen molar-refractivity contribution >= 4 is 110 Å². The molecule has 0 aliphatic heterocycles. The van der Waals surface area contributed by atoms with E-state index in [9.17, 15) is 0 Å². The zero-order valence-corrected chi connectivity index (χ0v) is 38.0. The first-order chi connectivity index (χ1) is 34.8. The molecule has 0 aliphatic carbocycles. The summed E-state index contributed by atoms with van der Waals surface area (Å²) < 4.78 is 5.23.